The molecule has 1 aliphatic rings. The van der Waals surface area contributed by atoms with Crippen molar-refractivity contribution in [3.63, 3.8) is 0 Å². The first-order valence-electron chi connectivity index (χ1n) is 5.39. The highest BCUT2D eigenvalue weighted by Gasteiger charge is 2.27. The molecule has 0 saturated carbocycles. The van der Waals surface area contributed by atoms with Gasteiger partial charge in [-0.3, -0.25) is 9.59 Å². The molecule has 0 saturated heterocycles. The Kier molecular flexibility index (Phi) is 2.85. The van der Waals surface area contributed by atoms with E-state index in [0.717, 1.165) is 11.1 Å². The zero-order chi connectivity index (χ0) is 12.6. The number of carboxylic acids is 1. The highest BCUT2D eigenvalue weighted by Crippen LogP contribution is 2.33. The van der Waals surface area contributed by atoms with Crippen LogP contribution in [0.5, 0.6) is 0 Å². The normalized spacial score (nSPS) is 15.3. The molecule has 1 amide bonds. The second-order valence-electron chi connectivity index (χ2n) is 4.24. The molecular weight excluding hydrogens is 220 g/mol. The molecular formula is C12H14N2O3. The van der Waals surface area contributed by atoms with Crippen LogP contribution in [0.2, 0.25) is 0 Å². The molecule has 5 nitrogen and oxygen atoms in total. The molecule has 0 radical (unpaired) electrons. The maximum atomic E-state index is 11.4. The fourth-order valence-electron chi connectivity index (χ4n) is 2.18. The molecule has 0 aliphatic carbocycles. The van der Waals surface area contributed by atoms with Crippen molar-refractivity contribution in [3.8, 4) is 0 Å². The van der Waals surface area contributed by atoms with Crippen LogP contribution in [-0.4, -0.2) is 23.5 Å². The maximum Gasteiger partial charge on any atom is 0.312 e. The lowest BCUT2D eigenvalue weighted by Gasteiger charge is -2.15. The van der Waals surface area contributed by atoms with E-state index in [1.54, 1.807) is 6.07 Å². The van der Waals surface area contributed by atoms with Gasteiger partial charge in [-0.15, -0.1) is 0 Å². The Morgan fingerprint density at radius 2 is 2.29 bits per heavy atom. The van der Waals surface area contributed by atoms with E-state index in [-0.39, 0.29) is 12.5 Å². The van der Waals surface area contributed by atoms with Crippen molar-refractivity contribution in [1.82, 2.24) is 0 Å². The van der Waals surface area contributed by atoms with Crippen molar-refractivity contribution in [2.24, 2.45) is 5.73 Å². The summed E-state index contributed by atoms with van der Waals surface area (Å²) in [5.74, 6) is -1.85. The first-order valence-corrected chi connectivity index (χ1v) is 5.39. The number of nitrogens with one attached hydrogen (secondary N) is 1. The zero-order valence-electron chi connectivity index (χ0n) is 9.49. The molecule has 2 rings (SSSR count). The van der Waals surface area contributed by atoms with Gasteiger partial charge in [-0.2, -0.15) is 0 Å². The van der Waals surface area contributed by atoms with Crippen LogP contribution in [0, 0.1) is 6.92 Å². The molecule has 17 heavy (non-hydrogen) atoms. The van der Waals surface area contributed by atoms with E-state index >= 15 is 0 Å². The van der Waals surface area contributed by atoms with Gasteiger partial charge in [-0.1, -0.05) is 17.7 Å². The SMILES string of the molecule is Cc1cc2c(c(C(CN)C(=O)O)c1)NC(=O)C2. The smallest absolute Gasteiger partial charge is 0.312 e. The lowest BCUT2D eigenvalue weighted by molar-refractivity contribution is -0.138. The van der Waals surface area contributed by atoms with Crippen LogP contribution in [0.15, 0.2) is 12.1 Å². The Morgan fingerprint density at radius 1 is 1.59 bits per heavy atom. The van der Waals surface area contributed by atoms with Gasteiger partial charge >= 0.3 is 5.97 Å². The molecule has 5 heteroatoms. The quantitative estimate of drug-likeness (QED) is 0.714. The van der Waals surface area contributed by atoms with Gasteiger partial charge in [0, 0.05) is 12.2 Å². The van der Waals surface area contributed by atoms with E-state index in [9.17, 15) is 9.59 Å². The number of benzene rings is 1. The standard InChI is InChI=1S/C12H14N2O3/c1-6-2-7-4-10(15)14-11(7)8(3-6)9(5-13)12(16)17/h2-3,9H,4-5,13H2,1H3,(H,14,15)(H,16,17). The third kappa shape index (κ3) is 2.01. The van der Waals surface area contributed by atoms with Crippen LogP contribution in [0.3, 0.4) is 0 Å². The highest BCUT2D eigenvalue weighted by atomic mass is 16.4. The van der Waals surface area contributed by atoms with Gasteiger partial charge in [-0.25, -0.2) is 0 Å². The molecule has 0 bridgehead atoms. The van der Waals surface area contributed by atoms with Crippen LogP contribution in [0.25, 0.3) is 0 Å². The van der Waals surface area contributed by atoms with E-state index < -0.39 is 11.9 Å². The number of carbonyl (C=O) groups excluding carboxylic acids is 1. The van der Waals surface area contributed by atoms with Crippen molar-refractivity contribution in [1.29, 1.82) is 0 Å². The molecule has 1 aromatic carbocycles. The Hall–Kier alpha value is -1.88. The number of nitrogens with two attached hydrogens (primary N) is 1. The number of carbonyl (C=O) groups is 2. The number of aryl methyl sites for hydroxylation is 1. The van der Waals surface area contributed by atoms with Crippen LogP contribution in [-0.2, 0) is 16.0 Å². The van der Waals surface area contributed by atoms with Gasteiger partial charge in [0.2, 0.25) is 5.91 Å². The second kappa shape index (κ2) is 4.18. The number of carboxylic acid groups (broad SMARTS) is 1. The molecule has 0 fully saturated rings. The lowest BCUT2D eigenvalue weighted by atomic mass is 9.93. The Morgan fingerprint density at radius 3 is 2.88 bits per heavy atom. The maximum absolute atomic E-state index is 11.4. The van der Waals surface area contributed by atoms with Crippen LogP contribution in [0.4, 0.5) is 5.69 Å². The summed E-state index contributed by atoms with van der Waals surface area (Å²) in [6, 6.07) is 3.67. The van der Waals surface area contributed by atoms with E-state index in [0.29, 0.717) is 17.7 Å². The lowest BCUT2D eigenvalue weighted by Crippen LogP contribution is -2.22. The summed E-state index contributed by atoms with van der Waals surface area (Å²) in [6.45, 7) is 1.89. The number of rotatable bonds is 3. The third-order valence-corrected chi connectivity index (χ3v) is 2.92. The van der Waals surface area contributed by atoms with Crippen LogP contribution < -0.4 is 11.1 Å². The van der Waals surface area contributed by atoms with E-state index in [4.69, 9.17) is 10.8 Å². The third-order valence-electron chi connectivity index (χ3n) is 2.92. The number of fused-ring (bicyclic) bond motifs is 1. The molecule has 1 aliphatic heterocycles. The molecule has 4 N–H and O–H groups in total. The van der Waals surface area contributed by atoms with E-state index in [1.165, 1.54) is 0 Å². The second-order valence-corrected chi connectivity index (χ2v) is 4.24. The number of amides is 1. The predicted molar refractivity (Wildman–Crippen MR) is 62.9 cm³/mol. The summed E-state index contributed by atoms with van der Waals surface area (Å²) < 4.78 is 0. The van der Waals surface area contributed by atoms with E-state index in [2.05, 4.69) is 5.32 Å². The summed E-state index contributed by atoms with van der Waals surface area (Å²) in [5, 5.41) is 11.8. The number of hydrogen-bond donors (Lipinski definition) is 3. The minimum Gasteiger partial charge on any atom is -0.481 e. The van der Waals surface area contributed by atoms with Crippen molar-refractivity contribution in [2.75, 3.05) is 11.9 Å². The highest BCUT2D eigenvalue weighted by molar-refractivity contribution is 6.01. The fourth-order valence-corrected chi connectivity index (χ4v) is 2.18. The molecule has 1 unspecified atom stereocenters. The van der Waals surface area contributed by atoms with Crippen molar-refractivity contribution in [3.05, 3.63) is 28.8 Å². The van der Waals surface area contributed by atoms with E-state index in [1.807, 2.05) is 13.0 Å². The van der Waals surface area contributed by atoms with Gasteiger partial charge < -0.3 is 16.2 Å². The first kappa shape index (κ1) is 11.6. The summed E-state index contributed by atoms with van der Waals surface area (Å²) in [7, 11) is 0. The summed E-state index contributed by atoms with van der Waals surface area (Å²) >= 11 is 0. The minimum atomic E-state index is -0.971. The zero-order valence-corrected chi connectivity index (χ0v) is 9.49. The van der Waals surface area contributed by atoms with Crippen molar-refractivity contribution < 1.29 is 14.7 Å². The number of hydrogen-bond acceptors (Lipinski definition) is 3. The Labute approximate surface area is 98.6 Å². The average molecular weight is 234 g/mol. The summed E-state index contributed by atoms with van der Waals surface area (Å²) in [4.78, 5) is 22.5. The summed E-state index contributed by atoms with van der Waals surface area (Å²) in [6.07, 6.45) is 0.306. The Bertz CT molecular complexity index is 497. The predicted octanol–water partition coefficient (Wildman–Crippen LogP) is 0.617. The van der Waals surface area contributed by atoms with Crippen molar-refractivity contribution >= 4 is 17.6 Å². The summed E-state index contributed by atoms with van der Waals surface area (Å²) in [5.41, 5.74) is 8.50. The largest absolute Gasteiger partial charge is 0.481 e. The van der Waals surface area contributed by atoms with Gasteiger partial charge in [-0.05, 0) is 18.1 Å². The van der Waals surface area contributed by atoms with Gasteiger partial charge in [0.1, 0.15) is 0 Å². The molecule has 0 spiro atoms. The molecule has 90 valence electrons. The van der Waals surface area contributed by atoms with Crippen molar-refractivity contribution in [2.45, 2.75) is 19.3 Å². The monoisotopic (exact) mass is 234 g/mol. The molecule has 1 atom stereocenters. The fraction of sp³-hybridized carbons (Fsp3) is 0.333. The molecule has 1 heterocycles. The first-order chi connectivity index (χ1) is 8.02. The van der Waals surface area contributed by atoms with Gasteiger partial charge in [0.25, 0.3) is 0 Å². The van der Waals surface area contributed by atoms with Gasteiger partial charge in [0.05, 0.1) is 12.3 Å². The van der Waals surface area contributed by atoms with Crippen LogP contribution >= 0.6 is 0 Å². The molecule has 1 aromatic rings. The average Bonchev–Trinajstić information content (AvgIpc) is 2.58. The van der Waals surface area contributed by atoms with Gasteiger partial charge in [0.15, 0.2) is 0 Å². The Balaban J connectivity index is 2.54. The topological polar surface area (TPSA) is 92.4 Å². The molecule has 0 aromatic heterocycles. The number of anilines is 1. The minimum absolute atomic E-state index is 0.0150. The van der Waals surface area contributed by atoms with Crippen LogP contribution in [0.1, 0.15) is 22.6 Å². The number of aliphatic carboxylic acids is 1.